The quantitative estimate of drug-likeness (QED) is 0.652. The number of rotatable bonds is 10. The monoisotopic (exact) mass is 292 g/mol. The average molecular weight is 292 g/mol. The standard InChI is InChI=1S/C17H28N2O2/c1-4-5-6-7-14(2)19-17(20)13-21-16-10-8-15(9-11-16)12-18-3/h8-11,14,18H,4-7,12-13H2,1-3H3,(H,19,20). The lowest BCUT2D eigenvalue weighted by molar-refractivity contribution is -0.123. The van der Waals surface area contributed by atoms with Crippen LogP contribution in [0.2, 0.25) is 0 Å². The first-order valence-corrected chi connectivity index (χ1v) is 7.81. The van der Waals surface area contributed by atoms with Gasteiger partial charge in [-0.15, -0.1) is 0 Å². The normalized spacial score (nSPS) is 12.0. The van der Waals surface area contributed by atoms with Crippen LogP contribution in [0.4, 0.5) is 0 Å². The molecule has 0 fully saturated rings. The first-order chi connectivity index (χ1) is 10.2. The first-order valence-electron chi connectivity index (χ1n) is 7.81. The number of amides is 1. The molecule has 4 nitrogen and oxygen atoms in total. The van der Waals surface area contributed by atoms with Crippen LogP contribution in [-0.2, 0) is 11.3 Å². The lowest BCUT2D eigenvalue weighted by Crippen LogP contribution is -2.36. The van der Waals surface area contributed by atoms with Gasteiger partial charge in [-0.05, 0) is 38.1 Å². The van der Waals surface area contributed by atoms with Crippen LogP contribution in [0, 0.1) is 0 Å². The molecule has 4 heteroatoms. The van der Waals surface area contributed by atoms with Crippen molar-refractivity contribution in [3.8, 4) is 5.75 Å². The van der Waals surface area contributed by atoms with E-state index < -0.39 is 0 Å². The Morgan fingerprint density at radius 1 is 1.24 bits per heavy atom. The number of benzene rings is 1. The van der Waals surface area contributed by atoms with Gasteiger partial charge in [-0.1, -0.05) is 38.3 Å². The van der Waals surface area contributed by atoms with Crippen LogP contribution in [0.1, 0.15) is 45.1 Å². The second-order valence-electron chi connectivity index (χ2n) is 5.43. The van der Waals surface area contributed by atoms with Gasteiger partial charge in [0.05, 0.1) is 0 Å². The van der Waals surface area contributed by atoms with Crippen LogP contribution in [0.5, 0.6) is 5.75 Å². The summed E-state index contributed by atoms with van der Waals surface area (Å²) in [5.74, 6) is 0.668. The molecule has 0 saturated heterocycles. The van der Waals surface area contributed by atoms with Crippen molar-refractivity contribution in [2.45, 2.75) is 52.1 Å². The zero-order valence-electron chi connectivity index (χ0n) is 13.4. The Hall–Kier alpha value is -1.55. The van der Waals surface area contributed by atoms with Gasteiger partial charge in [0, 0.05) is 12.6 Å². The molecule has 0 spiro atoms. The zero-order chi connectivity index (χ0) is 15.5. The van der Waals surface area contributed by atoms with Gasteiger partial charge in [-0.25, -0.2) is 0 Å². The minimum atomic E-state index is -0.0571. The molecule has 0 saturated carbocycles. The van der Waals surface area contributed by atoms with E-state index in [-0.39, 0.29) is 18.6 Å². The summed E-state index contributed by atoms with van der Waals surface area (Å²) < 4.78 is 5.50. The van der Waals surface area contributed by atoms with Gasteiger partial charge in [-0.3, -0.25) is 4.79 Å². The Kier molecular flexibility index (Phi) is 8.51. The van der Waals surface area contributed by atoms with Crippen molar-refractivity contribution in [1.29, 1.82) is 0 Å². The van der Waals surface area contributed by atoms with Gasteiger partial charge >= 0.3 is 0 Å². The van der Waals surface area contributed by atoms with E-state index in [0.29, 0.717) is 0 Å². The molecule has 1 aromatic rings. The molecule has 0 bridgehead atoms. The summed E-state index contributed by atoms with van der Waals surface area (Å²) in [7, 11) is 1.91. The number of hydrogen-bond acceptors (Lipinski definition) is 3. The minimum Gasteiger partial charge on any atom is -0.484 e. The maximum Gasteiger partial charge on any atom is 0.258 e. The molecule has 0 aliphatic heterocycles. The van der Waals surface area contributed by atoms with Crippen molar-refractivity contribution < 1.29 is 9.53 Å². The van der Waals surface area contributed by atoms with E-state index in [2.05, 4.69) is 17.6 Å². The van der Waals surface area contributed by atoms with Crippen molar-refractivity contribution in [3.05, 3.63) is 29.8 Å². The predicted octanol–water partition coefficient (Wildman–Crippen LogP) is 2.87. The van der Waals surface area contributed by atoms with Crippen LogP contribution in [0.25, 0.3) is 0 Å². The Labute approximate surface area is 128 Å². The lowest BCUT2D eigenvalue weighted by Gasteiger charge is -2.14. The molecule has 2 N–H and O–H groups in total. The molecule has 1 amide bonds. The van der Waals surface area contributed by atoms with Gasteiger partial charge in [0.25, 0.3) is 5.91 Å². The smallest absolute Gasteiger partial charge is 0.258 e. The van der Waals surface area contributed by atoms with Crippen LogP contribution in [0.15, 0.2) is 24.3 Å². The third-order valence-corrected chi connectivity index (χ3v) is 3.32. The molecule has 1 rings (SSSR count). The molecule has 0 aromatic heterocycles. The molecule has 1 unspecified atom stereocenters. The number of carbonyl (C=O) groups excluding carboxylic acids is 1. The molecule has 0 heterocycles. The fourth-order valence-corrected chi connectivity index (χ4v) is 2.15. The Balaban J connectivity index is 2.25. The van der Waals surface area contributed by atoms with Crippen molar-refractivity contribution in [2.75, 3.05) is 13.7 Å². The first kappa shape index (κ1) is 17.5. The van der Waals surface area contributed by atoms with Crippen molar-refractivity contribution >= 4 is 5.91 Å². The molecule has 21 heavy (non-hydrogen) atoms. The third-order valence-electron chi connectivity index (χ3n) is 3.32. The lowest BCUT2D eigenvalue weighted by atomic mass is 10.1. The Morgan fingerprint density at radius 2 is 1.95 bits per heavy atom. The molecule has 0 aliphatic carbocycles. The summed E-state index contributed by atoms with van der Waals surface area (Å²) in [6.45, 7) is 5.12. The summed E-state index contributed by atoms with van der Waals surface area (Å²) in [6.07, 6.45) is 4.60. The highest BCUT2D eigenvalue weighted by molar-refractivity contribution is 5.77. The molecular weight excluding hydrogens is 264 g/mol. The maximum atomic E-state index is 11.8. The van der Waals surface area contributed by atoms with Crippen LogP contribution in [-0.4, -0.2) is 25.6 Å². The third kappa shape index (κ3) is 7.71. The summed E-state index contributed by atoms with van der Waals surface area (Å²) in [5, 5.41) is 6.06. The maximum absolute atomic E-state index is 11.8. The van der Waals surface area contributed by atoms with Gasteiger partial charge in [0.1, 0.15) is 5.75 Å². The fraction of sp³-hybridized carbons (Fsp3) is 0.588. The largest absolute Gasteiger partial charge is 0.484 e. The van der Waals surface area contributed by atoms with E-state index in [1.54, 1.807) is 0 Å². The van der Waals surface area contributed by atoms with E-state index in [1.165, 1.54) is 18.4 Å². The molecule has 118 valence electrons. The van der Waals surface area contributed by atoms with E-state index >= 15 is 0 Å². The second kappa shape index (κ2) is 10.2. The Bertz CT molecular complexity index is 404. The van der Waals surface area contributed by atoms with Gasteiger partial charge < -0.3 is 15.4 Å². The van der Waals surface area contributed by atoms with E-state index in [9.17, 15) is 4.79 Å². The number of unbranched alkanes of at least 4 members (excludes halogenated alkanes) is 2. The summed E-state index contributed by atoms with van der Waals surface area (Å²) in [4.78, 5) is 11.8. The SMILES string of the molecule is CCCCCC(C)NC(=O)COc1ccc(CNC)cc1. The van der Waals surface area contributed by atoms with E-state index in [4.69, 9.17) is 4.74 Å². The number of ether oxygens (including phenoxy) is 1. The number of nitrogens with one attached hydrogen (secondary N) is 2. The van der Waals surface area contributed by atoms with Crippen molar-refractivity contribution in [3.63, 3.8) is 0 Å². The molecule has 1 aromatic carbocycles. The minimum absolute atomic E-state index is 0.0571. The predicted molar refractivity (Wildman–Crippen MR) is 86.4 cm³/mol. The van der Waals surface area contributed by atoms with E-state index in [0.717, 1.165) is 25.1 Å². The molecule has 0 aliphatic rings. The van der Waals surface area contributed by atoms with Crippen LogP contribution < -0.4 is 15.4 Å². The fourth-order valence-electron chi connectivity index (χ4n) is 2.15. The highest BCUT2D eigenvalue weighted by atomic mass is 16.5. The number of carbonyl (C=O) groups is 1. The molecule has 0 radical (unpaired) electrons. The van der Waals surface area contributed by atoms with E-state index in [1.807, 2.05) is 38.2 Å². The second-order valence-corrected chi connectivity index (χ2v) is 5.43. The summed E-state index contributed by atoms with van der Waals surface area (Å²) >= 11 is 0. The Morgan fingerprint density at radius 3 is 2.57 bits per heavy atom. The highest BCUT2D eigenvalue weighted by Crippen LogP contribution is 2.12. The van der Waals surface area contributed by atoms with Gasteiger partial charge in [-0.2, -0.15) is 0 Å². The van der Waals surface area contributed by atoms with Gasteiger partial charge in [0.15, 0.2) is 6.61 Å². The molecule has 1 atom stereocenters. The summed E-state index contributed by atoms with van der Waals surface area (Å²) in [6, 6.07) is 7.99. The van der Waals surface area contributed by atoms with Crippen molar-refractivity contribution in [2.24, 2.45) is 0 Å². The highest BCUT2D eigenvalue weighted by Gasteiger charge is 2.07. The topological polar surface area (TPSA) is 50.4 Å². The van der Waals surface area contributed by atoms with Crippen LogP contribution in [0.3, 0.4) is 0 Å². The average Bonchev–Trinajstić information content (AvgIpc) is 2.47. The molecular formula is C17H28N2O2. The van der Waals surface area contributed by atoms with Crippen LogP contribution >= 0.6 is 0 Å². The summed E-state index contributed by atoms with van der Waals surface area (Å²) in [5.41, 5.74) is 1.19. The number of hydrogen-bond donors (Lipinski definition) is 2. The van der Waals surface area contributed by atoms with Crippen molar-refractivity contribution in [1.82, 2.24) is 10.6 Å². The zero-order valence-corrected chi connectivity index (χ0v) is 13.4. The van der Waals surface area contributed by atoms with Gasteiger partial charge in [0.2, 0.25) is 0 Å².